The van der Waals surface area contributed by atoms with Gasteiger partial charge in [-0.3, -0.25) is 0 Å². The molecule has 224 valence electrons. The number of nitrogens with zero attached hydrogens (tertiary/aromatic N) is 1. The number of alkyl halides is 3. The lowest BCUT2D eigenvalue weighted by Crippen LogP contribution is -2.62. The Hall–Kier alpha value is -2.99. The molecule has 4 aliphatic rings. The minimum absolute atomic E-state index is 0.0748. The van der Waals surface area contributed by atoms with Crippen LogP contribution in [-0.4, -0.2) is 52.3 Å². The maximum absolute atomic E-state index is 13.6. The molecule has 1 N–H and O–H groups in total. The quantitative estimate of drug-likeness (QED) is 0.359. The zero-order chi connectivity index (χ0) is 29.4. The van der Waals surface area contributed by atoms with E-state index in [2.05, 4.69) is 5.32 Å². The topological polar surface area (TPSA) is 94.2 Å². The van der Waals surface area contributed by atoms with Gasteiger partial charge in [-0.1, -0.05) is 12.1 Å². The Balaban J connectivity index is 1.35. The molecule has 0 atom stereocenters. The van der Waals surface area contributed by atoms with Gasteiger partial charge in [0.15, 0.2) is 11.5 Å². The Labute approximate surface area is 238 Å². The van der Waals surface area contributed by atoms with E-state index in [9.17, 15) is 26.4 Å². The fraction of sp³-hybridized carbons (Fsp3) is 0.552. The number of benzene rings is 2. The molecule has 4 bridgehead atoms. The van der Waals surface area contributed by atoms with E-state index in [1.807, 2.05) is 0 Å². The number of ether oxygens (including phenoxy) is 2. The largest absolute Gasteiger partial charge is 0.493 e. The zero-order valence-electron chi connectivity index (χ0n) is 23.1. The molecular weight excluding hydrogens is 561 g/mol. The molecule has 12 heteroatoms. The van der Waals surface area contributed by atoms with Crippen molar-refractivity contribution in [3.63, 3.8) is 0 Å². The first kappa shape index (κ1) is 29.5. The summed E-state index contributed by atoms with van der Waals surface area (Å²) in [5.41, 5.74) is -0.747. The summed E-state index contributed by atoms with van der Waals surface area (Å²) in [7, 11) is -1.76. The molecule has 2 amide bonds. The summed E-state index contributed by atoms with van der Waals surface area (Å²) in [4.78, 5) is 14.6. The van der Waals surface area contributed by atoms with Crippen LogP contribution in [0.4, 0.5) is 18.0 Å². The van der Waals surface area contributed by atoms with Gasteiger partial charge in [0, 0.05) is 25.7 Å². The van der Waals surface area contributed by atoms with Crippen molar-refractivity contribution < 1.29 is 40.0 Å². The lowest BCUT2D eigenvalue weighted by atomic mass is 9.53. The van der Waals surface area contributed by atoms with Crippen LogP contribution in [0.1, 0.15) is 49.7 Å². The molecule has 8 nitrogen and oxygen atoms in total. The van der Waals surface area contributed by atoms with Gasteiger partial charge in [0.25, 0.3) is 0 Å². The Morgan fingerprint density at radius 2 is 1.66 bits per heavy atom. The van der Waals surface area contributed by atoms with Crippen LogP contribution in [-0.2, 0) is 27.6 Å². The molecule has 0 aromatic heterocycles. The van der Waals surface area contributed by atoms with Crippen LogP contribution >= 0.6 is 0 Å². The van der Waals surface area contributed by atoms with E-state index in [4.69, 9.17) is 13.7 Å². The van der Waals surface area contributed by atoms with Crippen LogP contribution < -0.4 is 14.2 Å². The summed E-state index contributed by atoms with van der Waals surface area (Å²) in [5, 5.41) is 3.36. The van der Waals surface area contributed by atoms with E-state index in [0.717, 1.165) is 37.5 Å². The minimum atomic E-state index is -4.72. The Morgan fingerprint density at radius 1 is 1.00 bits per heavy atom. The predicted molar refractivity (Wildman–Crippen MR) is 144 cm³/mol. The van der Waals surface area contributed by atoms with Gasteiger partial charge in [-0.2, -0.15) is 21.6 Å². The number of carbonyl (C=O) groups is 1. The Kier molecular flexibility index (Phi) is 8.17. The van der Waals surface area contributed by atoms with Crippen LogP contribution in [0.5, 0.6) is 11.5 Å². The molecular formula is C29H35F3N2O6S. The van der Waals surface area contributed by atoms with Crippen molar-refractivity contribution in [1.82, 2.24) is 10.2 Å². The number of halogens is 3. The monoisotopic (exact) mass is 596 g/mol. The van der Waals surface area contributed by atoms with Gasteiger partial charge in [-0.15, -0.1) is 0 Å². The highest BCUT2D eigenvalue weighted by molar-refractivity contribution is 7.87. The highest BCUT2D eigenvalue weighted by atomic mass is 32.2. The van der Waals surface area contributed by atoms with Crippen molar-refractivity contribution in [2.75, 3.05) is 27.4 Å². The van der Waals surface area contributed by atoms with E-state index in [0.29, 0.717) is 42.5 Å². The maximum atomic E-state index is 13.6. The summed E-state index contributed by atoms with van der Waals surface area (Å²) in [5.74, 6) is 1.86. The number of amides is 2. The molecule has 41 heavy (non-hydrogen) atoms. The highest BCUT2D eigenvalue weighted by Crippen LogP contribution is 2.55. The van der Waals surface area contributed by atoms with E-state index < -0.39 is 26.8 Å². The third kappa shape index (κ3) is 6.58. The molecule has 0 unspecified atom stereocenters. The van der Waals surface area contributed by atoms with Gasteiger partial charge in [0.2, 0.25) is 0 Å². The second-order valence-electron chi connectivity index (χ2n) is 11.6. The van der Waals surface area contributed by atoms with Crippen LogP contribution in [0.25, 0.3) is 0 Å². The van der Waals surface area contributed by atoms with E-state index in [1.54, 1.807) is 18.1 Å². The second-order valence-corrected chi connectivity index (χ2v) is 13.1. The molecule has 2 aromatic carbocycles. The van der Waals surface area contributed by atoms with Gasteiger partial charge in [0.05, 0.1) is 19.3 Å². The molecule has 6 rings (SSSR count). The number of hydrogen-bond acceptors (Lipinski definition) is 6. The fourth-order valence-electron chi connectivity index (χ4n) is 7.12. The summed E-state index contributed by atoms with van der Waals surface area (Å²) in [6.07, 6.45) is 2.03. The number of methoxy groups -OCH3 is 2. The number of carbonyl (C=O) groups excluding carboxylic acids is 1. The minimum Gasteiger partial charge on any atom is -0.493 e. The third-order valence-electron chi connectivity index (χ3n) is 8.51. The van der Waals surface area contributed by atoms with Gasteiger partial charge in [-0.25, -0.2) is 4.79 Å². The van der Waals surface area contributed by atoms with E-state index in [1.165, 1.54) is 38.5 Å². The lowest BCUT2D eigenvalue weighted by Gasteiger charge is -2.57. The average molecular weight is 597 g/mol. The standard InChI is InChI=1S/C29H35F3N2O6S/c1-38-9-8-34(27(35)33-28-15-20-10-21(16-28)12-22(11-20)17-28)18-19-6-7-25(39-2)26(13-19)40-41(36,37)24-5-3-4-23(14-24)29(30,31)32/h3-7,13-14,20-22H,8-12,15-18H2,1-2H3,(H,33,35). The molecule has 0 aliphatic heterocycles. The molecule has 0 spiro atoms. The summed E-state index contributed by atoms with van der Waals surface area (Å²) in [6.45, 7) is 0.739. The summed E-state index contributed by atoms with van der Waals surface area (Å²) < 4.78 is 81.2. The second kappa shape index (κ2) is 11.4. The SMILES string of the molecule is COCCN(Cc1ccc(OC)c(OS(=O)(=O)c2cccc(C(F)(F)F)c2)c1)C(=O)NC12CC3CC(CC(C3)C1)C2. The average Bonchev–Trinajstić information content (AvgIpc) is 2.89. The normalized spacial score (nSPS) is 25.1. The maximum Gasteiger partial charge on any atom is 0.416 e. The first-order valence-corrected chi connectivity index (χ1v) is 15.2. The fourth-order valence-corrected chi connectivity index (χ4v) is 8.10. The van der Waals surface area contributed by atoms with Crippen LogP contribution in [0, 0.1) is 17.8 Å². The molecule has 0 heterocycles. The molecule has 0 saturated heterocycles. The van der Waals surface area contributed by atoms with Crippen molar-refractivity contribution in [2.45, 2.75) is 61.7 Å². The zero-order valence-corrected chi connectivity index (χ0v) is 23.9. The van der Waals surface area contributed by atoms with Crippen LogP contribution in [0.15, 0.2) is 47.4 Å². The first-order chi connectivity index (χ1) is 19.4. The first-order valence-electron chi connectivity index (χ1n) is 13.7. The van der Waals surface area contributed by atoms with Crippen molar-refractivity contribution in [1.29, 1.82) is 0 Å². The van der Waals surface area contributed by atoms with E-state index >= 15 is 0 Å². The van der Waals surface area contributed by atoms with Crippen molar-refractivity contribution in [3.05, 3.63) is 53.6 Å². The Morgan fingerprint density at radius 3 is 2.24 bits per heavy atom. The number of hydrogen-bond donors (Lipinski definition) is 1. The predicted octanol–water partition coefficient (Wildman–Crippen LogP) is 5.61. The van der Waals surface area contributed by atoms with Crippen molar-refractivity contribution in [3.8, 4) is 11.5 Å². The Bertz CT molecular complexity index is 1350. The number of nitrogens with one attached hydrogen (secondary N) is 1. The molecule has 4 fully saturated rings. The number of urea groups is 1. The molecule has 4 aliphatic carbocycles. The summed E-state index contributed by atoms with van der Waals surface area (Å²) in [6, 6.07) is 7.72. The number of rotatable bonds is 10. The van der Waals surface area contributed by atoms with Crippen molar-refractivity contribution in [2.24, 2.45) is 17.8 Å². The molecule has 4 saturated carbocycles. The van der Waals surface area contributed by atoms with Gasteiger partial charge in [-0.05, 0) is 92.2 Å². The summed E-state index contributed by atoms with van der Waals surface area (Å²) >= 11 is 0. The smallest absolute Gasteiger partial charge is 0.416 e. The van der Waals surface area contributed by atoms with Gasteiger partial charge >= 0.3 is 22.3 Å². The lowest BCUT2D eigenvalue weighted by molar-refractivity contribution is -0.137. The highest BCUT2D eigenvalue weighted by Gasteiger charge is 2.51. The third-order valence-corrected chi connectivity index (χ3v) is 9.74. The molecule has 0 radical (unpaired) electrons. The van der Waals surface area contributed by atoms with Crippen LogP contribution in [0.2, 0.25) is 0 Å². The van der Waals surface area contributed by atoms with Crippen LogP contribution in [0.3, 0.4) is 0 Å². The van der Waals surface area contributed by atoms with E-state index in [-0.39, 0.29) is 29.6 Å². The van der Waals surface area contributed by atoms with Gasteiger partial charge in [0.1, 0.15) is 4.90 Å². The van der Waals surface area contributed by atoms with Gasteiger partial charge < -0.3 is 23.9 Å². The van der Waals surface area contributed by atoms with Crippen molar-refractivity contribution >= 4 is 16.1 Å². The molecule has 2 aromatic rings.